The molecule has 2 aromatic rings. The molecule has 0 spiro atoms. The second kappa shape index (κ2) is 7.89. The molecule has 2 rings (SSSR count). The number of unbranched alkanes of at least 4 members (excludes halogenated alkanes) is 2. The SMILES string of the molecule is CCCCc1ccccc1-c1ccccc1CCCC. The van der Waals surface area contributed by atoms with Crippen LogP contribution in [0.2, 0.25) is 0 Å². The summed E-state index contributed by atoms with van der Waals surface area (Å²) < 4.78 is 0. The summed E-state index contributed by atoms with van der Waals surface area (Å²) in [6, 6.07) is 17.8. The first kappa shape index (κ1) is 14.8. The fraction of sp³-hybridized carbons (Fsp3) is 0.400. The molecule has 0 heterocycles. The van der Waals surface area contributed by atoms with Crippen molar-refractivity contribution in [3.8, 4) is 11.1 Å². The third-order valence-electron chi connectivity index (χ3n) is 3.92. The molecule has 106 valence electrons. The maximum atomic E-state index is 2.29. The first-order chi connectivity index (χ1) is 9.86. The molecule has 0 unspecified atom stereocenters. The van der Waals surface area contributed by atoms with Crippen molar-refractivity contribution in [3.05, 3.63) is 59.7 Å². The second-order valence-corrected chi connectivity index (χ2v) is 5.52. The average Bonchev–Trinajstić information content (AvgIpc) is 2.51. The summed E-state index contributed by atoms with van der Waals surface area (Å²) in [4.78, 5) is 0. The standard InChI is InChI=1S/C20H26/c1-3-5-11-17-13-7-9-15-19(17)20-16-10-8-14-18(20)12-6-4-2/h7-10,13-16H,3-6,11-12H2,1-2H3. The Morgan fingerprint density at radius 2 is 1.00 bits per heavy atom. The van der Waals surface area contributed by atoms with Crippen LogP contribution in [0.25, 0.3) is 11.1 Å². The van der Waals surface area contributed by atoms with Gasteiger partial charge in [-0.1, -0.05) is 75.2 Å². The summed E-state index contributed by atoms with van der Waals surface area (Å²) >= 11 is 0. The minimum absolute atomic E-state index is 1.19. The van der Waals surface area contributed by atoms with E-state index in [1.165, 1.54) is 60.8 Å². The van der Waals surface area contributed by atoms with E-state index in [0.717, 1.165) is 0 Å². The lowest BCUT2D eigenvalue weighted by molar-refractivity contribution is 0.791. The zero-order valence-corrected chi connectivity index (χ0v) is 12.9. The molecule has 20 heavy (non-hydrogen) atoms. The summed E-state index contributed by atoms with van der Waals surface area (Å²) in [6.45, 7) is 4.52. The monoisotopic (exact) mass is 266 g/mol. The Hall–Kier alpha value is -1.56. The van der Waals surface area contributed by atoms with Crippen LogP contribution in [0, 0.1) is 0 Å². The van der Waals surface area contributed by atoms with Crippen molar-refractivity contribution in [1.29, 1.82) is 0 Å². The first-order valence-corrected chi connectivity index (χ1v) is 8.03. The van der Waals surface area contributed by atoms with Gasteiger partial charge in [-0.25, -0.2) is 0 Å². The highest BCUT2D eigenvalue weighted by Gasteiger charge is 2.08. The summed E-state index contributed by atoms with van der Waals surface area (Å²) in [6.07, 6.45) is 7.43. The average molecular weight is 266 g/mol. The Bertz CT molecular complexity index is 476. The van der Waals surface area contributed by atoms with E-state index in [9.17, 15) is 0 Å². The smallest absolute Gasteiger partial charge is 0.0149 e. The van der Waals surface area contributed by atoms with Crippen LogP contribution in [-0.4, -0.2) is 0 Å². The van der Waals surface area contributed by atoms with Gasteiger partial charge < -0.3 is 0 Å². The zero-order chi connectivity index (χ0) is 14.2. The molecule has 0 atom stereocenters. The predicted octanol–water partition coefficient (Wildman–Crippen LogP) is 6.04. The van der Waals surface area contributed by atoms with Gasteiger partial charge in [0.15, 0.2) is 0 Å². The van der Waals surface area contributed by atoms with Gasteiger partial charge in [-0.05, 0) is 47.9 Å². The van der Waals surface area contributed by atoms with E-state index in [4.69, 9.17) is 0 Å². The van der Waals surface area contributed by atoms with E-state index in [2.05, 4.69) is 62.4 Å². The molecule has 0 nitrogen and oxygen atoms in total. The summed E-state index contributed by atoms with van der Waals surface area (Å²) in [5, 5.41) is 0. The van der Waals surface area contributed by atoms with Gasteiger partial charge in [-0.2, -0.15) is 0 Å². The topological polar surface area (TPSA) is 0 Å². The molecule has 0 saturated carbocycles. The van der Waals surface area contributed by atoms with Gasteiger partial charge in [-0.15, -0.1) is 0 Å². The molecule has 0 aromatic heterocycles. The van der Waals surface area contributed by atoms with Crippen molar-refractivity contribution < 1.29 is 0 Å². The van der Waals surface area contributed by atoms with Crippen LogP contribution in [0.1, 0.15) is 50.7 Å². The molecular weight excluding hydrogens is 240 g/mol. The molecule has 0 saturated heterocycles. The fourth-order valence-electron chi connectivity index (χ4n) is 2.74. The summed E-state index contributed by atoms with van der Waals surface area (Å²) in [5.74, 6) is 0. The minimum atomic E-state index is 1.19. The Morgan fingerprint density at radius 1 is 0.600 bits per heavy atom. The Balaban J connectivity index is 2.35. The fourth-order valence-corrected chi connectivity index (χ4v) is 2.74. The second-order valence-electron chi connectivity index (χ2n) is 5.52. The highest BCUT2D eigenvalue weighted by molar-refractivity contribution is 5.70. The van der Waals surface area contributed by atoms with E-state index in [-0.39, 0.29) is 0 Å². The number of aryl methyl sites for hydroxylation is 2. The molecule has 0 radical (unpaired) electrons. The van der Waals surface area contributed by atoms with Gasteiger partial charge in [0, 0.05) is 0 Å². The predicted molar refractivity (Wildman–Crippen MR) is 89.1 cm³/mol. The van der Waals surface area contributed by atoms with Crippen LogP contribution in [0.3, 0.4) is 0 Å². The molecule has 0 aliphatic carbocycles. The lowest BCUT2D eigenvalue weighted by Crippen LogP contribution is -1.94. The Kier molecular flexibility index (Phi) is 5.86. The molecule has 0 aliphatic heterocycles. The van der Waals surface area contributed by atoms with Crippen LogP contribution in [0.5, 0.6) is 0 Å². The van der Waals surface area contributed by atoms with Crippen LogP contribution in [-0.2, 0) is 12.8 Å². The third-order valence-corrected chi connectivity index (χ3v) is 3.92. The normalized spacial score (nSPS) is 10.7. The van der Waals surface area contributed by atoms with Crippen LogP contribution < -0.4 is 0 Å². The van der Waals surface area contributed by atoms with Gasteiger partial charge in [0.1, 0.15) is 0 Å². The Morgan fingerprint density at radius 3 is 1.40 bits per heavy atom. The van der Waals surface area contributed by atoms with E-state index < -0.39 is 0 Å². The van der Waals surface area contributed by atoms with Gasteiger partial charge in [0.2, 0.25) is 0 Å². The molecule has 0 amide bonds. The maximum absolute atomic E-state index is 2.29. The minimum Gasteiger partial charge on any atom is -0.0654 e. The van der Waals surface area contributed by atoms with Gasteiger partial charge in [0.25, 0.3) is 0 Å². The van der Waals surface area contributed by atoms with Crippen molar-refractivity contribution >= 4 is 0 Å². The quantitative estimate of drug-likeness (QED) is 0.573. The molecule has 2 aromatic carbocycles. The summed E-state index contributed by atoms with van der Waals surface area (Å²) in [7, 11) is 0. The lowest BCUT2D eigenvalue weighted by atomic mass is 9.91. The molecule has 0 aliphatic rings. The van der Waals surface area contributed by atoms with Crippen molar-refractivity contribution in [1.82, 2.24) is 0 Å². The number of hydrogen-bond acceptors (Lipinski definition) is 0. The van der Waals surface area contributed by atoms with Crippen molar-refractivity contribution in [3.63, 3.8) is 0 Å². The number of benzene rings is 2. The van der Waals surface area contributed by atoms with Crippen molar-refractivity contribution in [2.45, 2.75) is 52.4 Å². The number of hydrogen-bond donors (Lipinski definition) is 0. The lowest BCUT2D eigenvalue weighted by Gasteiger charge is -2.13. The van der Waals surface area contributed by atoms with E-state index in [0.29, 0.717) is 0 Å². The van der Waals surface area contributed by atoms with Crippen LogP contribution >= 0.6 is 0 Å². The maximum Gasteiger partial charge on any atom is -0.0149 e. The van der Waals surface area contributed by atoms with E-state index in [1.807, 2.05) is 0 Å². The van der Waals surface area contributed by atoms with E-state index in [1.54, 1.807) is 0 Å². The number of rotatable bonds is 7. The van der Waals surface area contributed by atoms with Crippen molar-refractivity contribution in [2.75, 3.05) is 0 Å². The summed E-state index contributed by atoms with van der Waals surface area (Å²) in [5.41, 5.74) is 5.87. The molecule has 0 bridgehead atoms. The molecule has 0 heteroatoms. The third kappa shape index (κ3) is 3.72. The van der Waals surface area contributed by atoms with Gasteiger partial charge in [-0.3, -0.25) is 0 Å². The van der Waals surface area contributed by atoms with Crippen LogP contribution in [0.15, 0.2) is 48.5 Å². The van der Waals surface area contributed by atoms with Crippen molar-refractivity contribution in [2.24, 2.45) is 0 Å². The van der Waals surface area contributed by atoms with E-state index >= 15 is 0 Å². The molecule has 0 N–H and O–H groups in total. The molecular formula is C20H26. The molecule has 0 fully saturated rings. The largest absolute Gasteiger partial charge is 0.0654 e. The zero-order valence-electron chi connectivity index (χ0n) is 12.9. The van der Waals surface area contributed by atoms with Gasteiger partial charge >= 0.3 is 0 Å². The Labute approximate surface area is 123 Å². The highest BCUT2D eigenvalue weighted by Crippen LogP contribution is 2.29. The van der Waals surface area contributed by atoms with Crippen LogP contribution in [0.4, 0.5) is 0 Å². The highest BCUT2D eigenvalue weighted by atomic mass is 14.1. The first-order valence-electron chi connectivity index (χ1n) is 8.03. The van der Waals surface area contributed by atoms with Gasteiger partial charge in [0.05, 0.1) is 0 Å².